The molecule has 0 aliphatic rings. The van der Waals surface area contributed by atoms with Crippen LogP contribution in [-0.2, 0) is 7.59 Å². The number of rotatable bonds is 3. The molecule has 0 saturated carbocycles. The molecule has 1 aromatic carbocycles. The molecule has 10 heteroatoms. The summed E-state index contributed by atoms with van der Waals surface area (Å²) in [7, 11) is 1.58. The molecule has 1 aromatic heterocycles. The largest absolute Gasteiger partial charge is 0.497 e. The van der Waals surface area contributed by atoms with Crippen LogP contribution >= 0.6 is 69.6 Å². The summed E-state index contributed by atoms with van der Waals surface area (Å²) in [4.78, 5) is 12.0. The van der Waals surface area contributed by atoms with Gasteiger partial charge < -0.3 is 4.74 Å². The Bertz CT molecular complexity index is 723. The molecule has 0 aliphatic carbocycles. The van der Waals surface area contributed by atoms with Crippen molar-refractivity contribution in [1.29, 1.82) is 0 Å². The maximum Gasteiger partial charge on any atom is 0.250 e. The maximum atomic E-state index is 5.82. The van der Waals surface area contributed by atoms with Gasteiger partial charge in [-0.15, -0.1) is 0 Å². The number of alkyl halides is 6. The summed E-state index contributed by atoms with van der Waals surface area (Å²) in [6, 6.07) is 7.35. The Balaban J connectivity index is 2.43. The summed E-state index contributed by atoms with van der Waals surface area (Å²) >= 11 is 34.9. The second kappa shape index (κ2) is 7.81. The van der Waals surface area contributed by atoms with E-state index in [0.29, 0.717) is 5.75 Å². The van der Waals surface area contributed by atoms with Gasteiger partial charge in [-0.25, -0.2) is 15.0 Å². The number of methoxy groups -OCH3 is 1. The number of ether oxygens (including phenoxy) is 1. The Hall–Kier alpha value is -0.490. The molecular weight excluding hydrogens is 439 g/mol. The van der Waals surface area contributed by atoms with Gasteiger partial charge in [0.25, 0.3) is 0 Å². The van der Waals surface area contributed by atoms with Crippen LogP contribution in [-0.4, -0.2) is 22.1 Å². The minimum Gasteiger partial charge on any atom is -0.497 e. The molecule has 0 N–H and O–H groups in total. The number of halogens is 6. The standard InChI is InChI=1S/C14H9Cl6N3O/c1-24-9-4-2-3-8(7-9)5-6-10-21-11(13(15,16)17)23-12(22-10)14(18,19)20/h2-7H,1H3. The average molecular weight is 448 g/mol. The molecular formula is C14H9Cl6N3O. The average Bonchev–Trinajstić information content (AvgIpc) is 2.51. The van der Waals surface area contributed by atoms with E-state index in [9.17, 15) is 0 Å². The molecule has 2 aromatic rings. The Morgan fingerprint density at radius 2 is 1.46 bits per heavy atom. The van der Waals surface area contributed by atoms with Crippen LogP contribution in [0.15, 0.2) is 24.3 Å². The van der Waals surface area contributed by atoms with Gasteiger partial charge in [-0.2, -0.15) is 0 Å². The lowest BCUT2D eigenvalue weighted by molar-refractivity contribution is 0.414. The number of benzene rings is 1. The van der Waals surface area contributed by atoms with Gasteiger partial charge in [0.15, 0.2) is 17.5 Å². The van der Waals surface area contributed by atoms with Crippen molar-refractivity contribution in [2.45, 2.75) is 7.59 Å². The van der Waals surface area contributed by atoms with Crippen molar-refractivity contribution < 1.29 is 4.74 Å². The van der Waals surface area contributed by atoms with E-state index >= 15 is 0 Å². The molecule has 128 valence electrons. The fourth-order valence-corrected chi connectivity index (χ4v) is 2.14. The molecule has 0 fully saturated rings. The second-order valence-corrected chi connectivity index (χ2v) is 9.01. The smallest absolute Gasteiger partial charge is 0.250 e. The molecule has 0 spiro atoms. The summed E-state index contributed by atoms with van der Waals surface area (Å²) in [5.41, 5.74) is 0.848. The zero-order valence-corrected chi connectivity index (χ0v) is 16.5. The summed E-state index contributed by atoms with van der Waals surface area (Å²) in [5, 5.41) is 0. The first kappa shape index (κ1) is 19.8. The van der Waals surface area contributed by atoms with Crippen LogP contribution in [0.4, 0.5) is 0 Å². The lowest BCUT2D eigenvalue weighted by atomic mass is 10.2. The maximum absolute atomic E-state index is 5.82. The van der Waals surface area contributed by atoms with E-state index < -0.39 is 7.59 Å². The predicted octanol–water partition coefficient (Wildman–Crippen LogP) is 5.70. The third-order valence-corrected chi connectivity index (χ3v) is 3.69. The van der Waals surface area contributed by atoms with E-state index in [1.54, 1.807) is 19.3 Å². The molecule has 2 rings (SSSR count). The molecule has 0 aliphatic heterocycles. The van der Waals surface area contributed by atoms with Crippen molar-refractivity contribution >= 4 is 81.8 Å². The van der Waals surface area contributed by atoms with Gasteiger partial charge in [-0.05, 0) is 23.8 Å². The topological polar surface area (TPSA) is 47.9 Å². The van der Waals surface area contributed by atoms with E-state index in [-0.39, 0.29) is 17.5 Å². The molecule has 0 radical (unpaired) electrons. The molecule has 0 bridgehead atoms. The van der Waals surface area contributed by atoms with Gasteiger partial charge in [0.2, 0.25) is 7.59 Å². The van der Waals surface area contributed by atoms with Crippen LogP contribution < -0.4 is 4.74 Å². The molecule has 4 nitrogen and oxygen atoms in total. The normalized spacial score (nSPS) is 12.6. The van der Waals surface area contributed by atoms with Crippen molar-refractivity contribution in [3.63, 3.8) is 0 Å². The SMILES string of the molecule is COc1cccc(C=Cc2nc(C(Cl)(Cl)Cl)nc(C(Cl)(Cl)Cl)n2)c1. The van der Waals surface area contributed by atoms with E-state index in [2.05, 4.69) is 15.0 Å². The summed E-state index contributed by atoms with van der Waals surface area (Å²) in [6.07, 6.45) is 3.32. The van der Waals surface area contributed by atoms with Crippen molar-refractivity contribution in [1.82, 2.24) is 15.0 Å². The highest BCUT2D eigenvalue weighted by molar-refractivity contribution is 6.67. The minimum atomic E-state index is -1.88. The highest BCUT2D eigenvalue weighted by atomic mass is 35.6. The van der Waals surface area contributed by atoms with Crippen molar-refractivity contribution in [2.24, 2.45) is 0 Å². The third kappa shape index (κ3) is 5.51. The molecule has 1 heterocycles. The minimum absolute atomic E-state index is 0.144. The van der Waals surface area contributed by atoms with Gasteiger partial charge in [0.1, 0.15) is 5.75 Å². The Kier molecular flexibility index (Phi) is 6.46. The van der Waals surface area contributed by atoms with E-state index in [1.165, 1.54) is 0 Å². The zero-order valence-electron chi connectivity index (χ0n) is 12.0. The first-order chi connectivity index (χ1) is 11.1. The van der Waals surface area contributed by atoms with Crippen LogP contribution in [0, 0.1) is 0 Å². The monoisotopic (exact) mass is 445 g/mol. The van der Waals surface area contributed by atoms with Gasteiger partial charge >= 0.3 is 0 Å². The molecule has 0 atom stereocenters. The van der Waals surface area contributed by atoms with Crippen LogP contribution in [0.25, 0.3) is 12.2 Å². The summed E-state index contributed by atoms with van der Waals surface area (Å²) in [6.45, 7) is 0. The van der Waals surface area contributed by atoms with Crippen LogP contribution in [0.3, 0.4) is 0 Å². The number of nitrogens with zero attached hydrogens (tertiary/aromatic N) is 3. The predicted molar refractivity (Wildman–Crippen MR) is 100 cm³/mol. The quantitative estimate of drug-likeness (QED) is 0.566. The van der Waals surface area contributed by atoms with Crippen molar-refractivity contribution in [3.05, 3.63) is 47.3 Å². The van der Waals surface area contributed by atoms with Crippen molar-refractivity contribution in [2.75, 3.05) is 7.11 Å². The lowest BCUT2D eigenvalue weighted by Gasteiger charge is -2.14. The van der Waals surface area contributed by atoms with Crippen LogP contribution in [0.1, 0.15) is 23.0 Å². The van der Waals surface area contributed by atoms with Gasteiger partial charge in [0.05, 0.1) is 7.11 Å². The first-order valence-corrected chi connectivity index (χ1v) is 8.59. The van der Waals surface area contributed by atoms with Gasteiger partial charge in [-0.3, -0.25) is 0 Å². The molecule has 0 amide bonds. The fourth-order valence-electron chi connectivity index (χ4n) is 1.64. The second-order valence-electron chi connectivity index (χ2n) is 4.45. The van der Waals surface area contributed by atoms with Crippen LogP contribution in [0.2, 0.25) is 0 Å². The zero-order chi connectivity index (χ0) is 18.0. The molecule has 0 saturated heterocycles. The lowest BCUT2D eigenvalue weighted by Crippen LogP contribution is -2.16. The number of aromatic nitrogens is 3. The summed E-state index contributed by atoms with van der Waals surface area (Å²) < 4.78 is 1.39. The first-order valence-electron chi connectivity index (χ1n) is 6.32. The van der Waals surface area contributed by atoms with E-state index in [1.807, 2.05) is 24.3 Å². The Labute approximate surface area is 168 Å². The Morgan fingerprint density at radius 3 is 1.96 bits per heavy atom. The number of hydrogen-bond acceptors (Lipinski definition) is 4. The fraction of sp³-hybridized carbons (Fsp3) is 0.214. The third-order valence-electron chi connectivity index (χ3n) is 2.68. The van der Waals surface area contributed by atoms with E-state index in [4.69, 9.17) is 74.3 Å². The van der Waals surface area contributed by atoms with Crippen LogP contribution in [0.5, 0.6) is 5.75 Å². The highest BCUT2D eigenvalue weighted by Crippen LogP contribution is 2.39. The van der Waals surface area contributed by atoms with Gasteiger partial charge in [-0.1, -0.05) is 87.8 Å². The molecule has 0 unspecified atom stereocenters. The molecule has 24 heavy (non-hydrogen) atoms. The summed E-state index contributed by atoms with van der Waals surface area (Å²) in [5.74, 6) is 0.593. The van der Waals surface area contributed by atoms with E-state index in [0.717, 1.165) is 5.56 Å². The number of hydrogen-bond donors (Lipinski definition) is 0. The Morgan fingerprint density at radius 1 is 0.875 bits per heavy atom. The van der Waals surface area contributed by atoms with Gasteiger partial charge in [0, 0.05) is 0 Å². The van der Waals surface area contributed by atoms with Crippen molar-refractivity contribution in [3.8, 4) is 5.75 Å². The highest BCUT2D eigenvalue weighted by Gasteiger charge is 2.33.